The molecule has 21 heavy (non-hydrogen) atoms. The van der Waals surface area contributed by atoms with Gasteiger partial charge in [-0.3, -0.25) is 8.78 Å². The lowest BCUT2D eigenvalue weighted by Crippen LogP contribution is -2.16. The predicted molar refractivity (Wildman–Crippen MR) is 83.2 cm³/mol. The minimum atomic E-state index is -0.809. The van der Waals surface area contributed by atoms with Crippen molar-refractivity contribution in [2.45, 2.75) is 13.8 Å². The van der Waals surface area contributed by atoms with Crippen LogP contribution in [0.2, 0.25) is 0 Å². The Morgan fingerprint density at radius 1 is 1.19 bits per heavy atom. The van der Waals surface area contributed by atoms with Crippen molar-refractivity contribution in [1.29, 1.82) is 0 Å². The fourth-order valence-electron chi connectivity index (χ4n) is 1.59. The molecule has 9 heteroatoms. The van der Waals surface area contributed by atoms with Gasteiger partial charge in [-0.25, -0.2) is 4.98 Å². The van der Waals surface area contributed by atoms with Gasteiger partial charge in [0.15, 0.2) is 0 Å². The Bertz CT molecular complexity index is 587. The van der Waals surface area contributed by atoms with E-state index in [0.29, 0.717) is 42.4 Å². The van der Waals surface area contributed by atoms with E-state index >= 15 is 0 Å². The molecule has 0 aliphatic rings. The molecular weight excluding hydrogens is 290 g/mol. The number of rotatable bonds is 8. The molecule has 0 aromatic carbocycles. The van der Waals surface area contributed by atoms with E-state index < -0.39 is 10.8 Å². The second-order valence-corrected chi connectivity index (χ2v) is 6.01. The Hall–Kier alpha value is -2.03. The van der Waals surface area contributed by atoms with Gasteiger partial charge in [0.25, 0.3) is 0 Å². The van der Waals surface area contributed by atoms with Crippen molar-refractivity contribution in [3.63, 3.8) is 0 Å². The van der Waals surface area contributed by atoms with Gasteiger partial charge in [0, 0.05) is 47.8 Å². The highest BCUT2D eigenvalue weighted by molar-refractivity contribution is 7.84. The highest BCUT2D eigenvalue weighted by atomic mass is 32.2. The smallest absolute Gasteiger partial charge is 0.241 e. The fraction of sp³-hybridized carbons (Fsp3) is 0.500. The van der Waals surface area contributed by atoms with Crippen LogP contribution < -0.4 is 10.6 Å². The third-order valence-electron chi connectivity index (χ3n) is 2.63. The number of anilines is 2. The standard InChI is InChI=1S/C12H19N7OS/c1-3-14-10-16-11(15-6-8-21(20)4-2)18-12(17-10)19-7-5-13-9-19/h5,7,9H,3-4,6,8H2,1-2H3,(H2,14,15,16,17,18). The quantitative estimate of drug-likeness (QED) is 0.739. The summed E-state index contributed by atoms with van der Waals surface area (Å²) in [5.41, 5.74) is 0. The van der Waals surface area contributed by atoms with E-state index in [2.05, 4.69) is 30.6 Å². The molecule has 0 spiro atoms. The number of imidazole rings is 1. The summed E-state index contributed by atoms with van der Waals surface area (Å²) in [4.78, 5) is 16.9. The minimum Gasteiger partial charge on any atom is -0.354 e. The van der Waals surface area contributed by atoms with E-state index in [1.54, 1.807) is 23.3 Å². The zero-order valence-electron chi connectivity index (χ0n) is 12.1. The first-order valence-corrected chi connectivity index (χ1v) is 8.28. The molecule has 0 saturated heterocycles. The van der Waals surface area contributed by atoms with Crippen LogP contribution in [-0.2, 0) is 10.8 Å². The Kier molecular flexibility index (Phi) is 5.61. The molecule has 2 aromatic heterocycles. The van der Waals surface area contributed by atoms with Gasteiger partial charge >= 0.3 is 0 Å². The summed E-state index contributed by atoms with van der Waals surface area (Å²) in [6.07, 6.45) is 5.05. The van der Waals surface area contributed by atoms with Crippen LogP contribution in [0.4, 0.5) is 11.9 Å². The highest BCUT2D eigenvalue weighted by Crippen LogP contribution is 2.08. The van der Waals surface area contributed by atoms with Crippen LogP contribution >= 0.6 is 0 Å². The van der Waals surface area contributed by atoms with Gasteiger partial charge in [-0.05, 0) is 6.92 Å². The third kappa shape index (κ3) is 4.48. The summed E-state index contributed by atoms with van der Waals surface area (Å²) in [6.45, 7) is 5.14. The molecule has 2 aromatic rings. The molecule has 114 valence electrons. The lowest BCUT2D eigenvalue weighted by molar-refractivity contribution is 0.684. The summed E-state index contributed by atoms with van der Waals surface area (Å²) in [7, 11) is -0.809. The maximum Gasteiger partial charge on any atom is 0.241 e. The average molecular weight is 309 g/mol. The third-order valence-corrected chi connectivity index (χ3v) is 3.93. The molecule has 0 amide bonds. The Morgan fingerprint density at radius 2 is 1.95 bits per heavy atom. The van der Waals surface area contributed by atoms with Gasteiger partial charge in [-0.15, -0.1) is 0 Å². The molecule has 0 bridgehead atoms. The molecule has 0 aliphatic heterocycles. The monoisotopic (exact) mass is 309 g/mol. The molecule has 0 aliphatic carbocycles. The topological polar surface area (TPSA) is 97.6 Å². The van der Waals surface area contributed by atoms with Crippen LogP contribution in [0.3, 0.4) is 0 Å². The van der Waals surface area contributed by atoms with E-state index in [4.69, 9.17) is 0 Å². The van der Waals surface area contributed by atoms with Gasteiger partial charge in [-0.2, -0.15) is 15.0 Å². The van der Waals surface area contributed by atoms with Gasteiger partial charge in [-0.1, -0.05) is 6.92 Å². The van der Waals surface area contributed by atoms with Crippen molar-refractivity contribution < 1.29 is 4.21 Å². The Labute approximate surface area is 125 Å². The molecule has 2 N–H and O–H groups in total. The normalized spacial score (nSPS) is 12.1. The van der Waals surface area contributed by atoms with Crippen LogP contribution in [0.5, 0.6) is 0 Å². The first kappa shape index (κ1) is 15.4. The van der Waals surface area contributed by atoms with Crippen LogP contribution in [0.25, 0.3) is 5.95 Å². The van der Waals surface area contributed by atoms with Crippen LogP contribution in [0.15, 0.2) is 18.7 Å². The van der Waals surface area contributed by atoms with E-state index in [0.717, 1.165) is 0 Å². The maximum absolute atomic E-state index is 11.4. The van der Waals surface area contributed by atoms with Crippen LogP contribution in [0, 0.1) is 0 Å². The lowest BCUT2D eigenvalue weighted by Gasteiger charge is -2.09. The van der Waals surface area contributed by atoms with E-state index in [1.165, 1.54) is 0 Å². The number of hydrogen-bond donors (Lipinski definition) is 2. The van der Waals surface area contributed by atoms with Crippen molar-refractivity contribution in [3.05, 3.63) is 18.7 Å². The molecule has 0 radical (unpaired) electrons. The Balaban J connectivity index is 2.14. The molecule has 1 unspecified atom stereocenters. The second kappa shape index (κ2) is 7.67. The van der Waals surface area contributed by atoms with Crippen LogP contribution in [-0.4, -0.2) is 53.3 Å². The highest BCUT2D eigenvalue weighted by Gasteiger charge is 2.07. The number of nitrogens with one attached hydrogen (secondary N) is 2. The Morgan fingerprint density at radius 3 is 2.57 bits per heavy atom. The van der Waals surface area contributed by atoms with E-state index in [9.17, 15) is 4.21 Å². The molecule has 0 fully saturated rings. The molecule has 1 atom stereocenters. The molecule has 8 nitrogen and oxygen atoms in total. The zero-order chi connectivity index (χ0) is 15.1. The second-order valence-electron chi connectivity index (χ2n) is 4.14. The zero-order valence-corrected chi connectivity index (χ0v) is 12.9. The molecular formula is C12H19N7OS. The van der Waals surface area contributed by atoms with Gasteiger partial charge in [0.2, 0.25) is 17.8 Å². The fourth-order valence-corrected chi connectivity index (χ4v) is 2.21. The summed E-state index contributed by atoms with van der Waals surface area (Å²) in [6, 6.07) is 0. The molecule has 0 saturated carbocycles. The number of aromatic nitrogens is 5. The van der Waals surface area contributed by atoms with Gasteiger partial charge in [0.1, 0.15) is 6.33 Å². The van der Waals surface area contributed by atoms with Crippen molar-refractivity contribution >= 4 is 22.7 Å². The molecule has 2 heterocycles. The largest absolute Gasteiger partial charge is 0.354 e. The summed E-state index contributed by atoms with van der Waals surface area (Å²) >= 11 is 0. The summed E-state index contributed by atoms with van der Waals surface area (Å²) in [5, 5.41) is 6.15. The van der Waals surface area contributed by atoms with Gasteiger partial charge < -0.3 is 10.6 Å². The van der Waals surface area contributed by atoms with E-state index in [-0.39, 0.29) is 0 Å². The molecule has 2 rings (SSSR count). The van der Waals surface area contributed by atoms with Crippen molar-refractivity contribution in [1.82, 2.24) is 24.5 Å². The van der Waals surface area contributed by atoms with Gasteiger partial charge in [0.05, 0.1) is 0 Å². The summed E-state index contributed by atoms with van der Waals surface area (Å²) < 4.78 is 13.1. The van der Waals surface area contributed by atoms with Crippen LogP contribution in [0.1, 0.15) is 13.8 Å². The van der Waals surface area contributed by atoms with Crippen molar-refractivity contribution in [2.24, 2.45) is 0 Å². The number of nitrogens with zero attached hydrogens (tertiary/aromatic N) is 5. The van der Waals surface area contributed by atoms with E-state index in [1.807, 2.05) is 13.8 Å². The maximum atomic E-state index is 11.4. The summed E-state index contributed by atoms with van der Waals surface area (Å²) in [5.74, 6) is 2.66. The first-order valence-electron chi connectivity index (χ1n) is 6.80. The first-order chi connectivity index (χ1) is 10.2. The SMILES string of the molecule is CCNc1nc(NCCS(=O)CC)nc(-n2ccnc2)n1. The minimum absolute atomic E-state index is 0.456. The number of hydrogen-bond acceptors (Lipinski definition) is 7. The van der Waals surface area contributed by atoms with Crippen molar-refractivity contribution in [2.75, 3.05) is 35.2 Å². The van der Waals surface area contributed by atoms with Crippen molar-refractivity contribution in [3.8, 4) is 5.95 Å². The average Bonchev–Trinajstić information content (AvgIpc) is 3.01. The predicted octanol–water partition coefficient (Wildman–Crippen LogP) is 0.670. The lowest BCUT2D eigenvalue weighted by atomic mass is 10.7.